The molecule has 0 bridgehead atoms. The first kappa shape index (κ1) is 10.6. The van der Waals surface area contributed by atoms with Gasteiger partial charge in [-0.05, 0) is 13.2 Å². The van der Waals surface area contributed by atoms with E-state index >= 15 is 0 Å². The highest BCUT2D eigenvalue weighted by molar-refractivity contribution is 7.98. The monoisotopic (exact) mass is 216 g/mol. The first-order chi connectivity index (χ1) is 6.49. The molecule has 0 saturated heterocycles. The van der Waals surface area contributed by atoms with Gasteiger partial charge >= 0.3 is 11.2 Å². The Morgan fingerprint density at radius 3 is 2.57 bits per heavy atom. The van der Waals surface area contributed by atoms with Crippen LogP contribution >= 0.6 is 11.8 Å². The molecule has 0 radical (unpaired) electrons. The number of aromatic nitrogens is 1. The van der Waals surface area contributed by atoms with Gasteiger partial charge in [0.1, 0.15) is 0 Å². The van der Waals surface area contributed by atoms with E-state index in [4.69, 9.17) is 0 Å². The van der Waals surface area contributed by atoms with Gasteiger partial charge in [-0.15, -0.1) is 11.8 Å². The maximum absolute atomic E-state index is 11.1. The van der Waals surface area contributed by atoms with E-state index in [0.717, 1.165) is 0 Å². The second-order valence-electron chi connectivity index (χ2n) is 2.57. The van der Waals surface area contributed by atoms with E-state index in [2.05, 4.69) is 4.98 Å². The number of nitrogens with zero attached hydrogens (tertiary/aromatic N) is 1. The van der Waals surface area contributed by atoms with Crippen molar-refractivity contribution in [2.24, 2.45) is 0 Å². The Bertz CT molecular complexity index is 440. The zero-order valence-corrected chi connectivity index (χ0v) is 8.34. The van der Waals surface area contributed by atoms with Gasteiger partial charge in [-0.25, -0.2) is 0 Å². The normalized spacial score (nSPS) is 10.1. The Morgan fingerprint density at radius 1 is 1.57 bits per heavy atom. The van der Waals surface area contributed by atoms with Crippen LogP contribution in [0.1, 0.15) is 5.56 Å². The Kier molecular flexibility index (Phi) is 2.80. The number of hydrogen-bond donors (Lipinski definition) is 2. The van der Waals surface area contributed by atoms with Crippen LogP contribution in [-0.2, 0) is 0 Å². The van der Waals surface area contributed by atoms with Crippen molar-refractivity contribution in [1.82, 2.24) is 4.98 Å². The number of hydrogen-bond acceptors (Lipinski definition) is 5. The van der Waals surface area contributed by atoms with Crippen LogP contribution in [-0.4, -0.2) is 21.3 Å². The molecule has 0 unspecified atom stereocenters. The maximum Gasteiger partial charge on any atom is 0.375 e. The fourth-order valence-electron chi connectivity index (χ4n) is 1.02. The highest BCUT2D eigenvalue weighted by atomic mass is 32.2. The number of aromatic amines is 1. The van der Waals surface area contributed by atoms with E-state index < -0.39 is 21.9 Å². The minimum atomic E-state index is -0.898. The van der Waals surface area contributed by atoms with Crippen LogP contribution in [0.4, 0.5) is 5.69 Å². The van der Waals surface area contributed by atoms with Crippen molar-refractivity contribution < 1.29 is 10.0 Å². The molecular formula is C7H8N2O4S. The predicted molar refractivity (Wildman–Crippen MR) is 51.9 cm³/mol. The summed E-state index contributed by atoms with van der Waals surface area (Å²) >= 11 is 1.21. The molecule has 2 N–H and O–H groups in total. The van der Waals surface area contributed by atoms with E-state index in [1.54, 1.807) is 6.26 Å². The molecule has 1 heterocycles. The highest BCUT2D eigenvalue weighted by Crippen LogP contribution is 2.30. The molecular weight excluding hydrogens is 208 g/mol. The predicted octanol–water partition coefficient (Wildman–Crippen LogP) is 1.02. The zero-order chi connectivity index (χ0) is 10.9. The summed E-state index contributed by atoms with van der Waals surface area (Å²) < 4.78 is 0. The van der Waals surface area contributed by atoms with Crippen LogP contribution < -0.4 is 5.56 Å². The summed E-state index contributed by atoms with van der Waals surface area (Å²) in [5, 5.41) is 20.2. The van der Waals surface area contributed by atoms with Crippen molar-refractivity contribution >= 4 is 17.4 Å². The van der Waals surface area contributed by atoms with Gasteiger partial charge in [0, 0.05) is 5.56 Å². The lowest BCUT2D eigenvalue weighted by Crippen LogP contribution is -2.13. The van der Waals surface area contributed by atoms with Gasteiger partial charge in [-0.3, -0.25) is 14.9 Å². The largest absolute Gasteiger partial charge is 0.502 e. The smallest absolute Gasteiger partial charge is 0.375 e. The number of aromatic hydroxyl groups is 1. The average Bonchev–Trinajstić information content (AvgIpc) is 2.10. The minimum Gasteiger partial charge on any atom is -0.502 e. The minimum absolute atomic E-state index is 0.309. The fourth-order valence-corrected chi connectivity index (χ4v) is 1.62. The quantitative estimate of drug-likeness (QED) is 0.437. The number of nitro groups is 1. The molecule has 6 nitrogen and oxygen atoms in total. The zero-order valence-electron chi connectivity index (χ0n) is 7.53. The molecule has 0 saturated carbocycles. The van der Waals surface area contributed by atoms with Gasteiger partial charge < -0.3 is 10.1 Å². The third-order valence-electron chi connectivity index (χ3n) is 1.75. The second kappa shape index (κ2) is 3.70. The van der Waals surface area contributed by atoms with Crippen molar-refractivity contribution in [3.8, 4) is 5.75 Å². The van der Waals surface area contributed by atoms with Crippen LogP contribution in [0.5, 0.6) is 5.75 Å². The van der Waals surface area contributed by atoms with Crippen LogP contribution in [0.2, 0.25) is 0 Å². The van der Waals surface area contributed by atoms with Crippen molar-refractivity contribution in [3.05, 3.63) is 26.0 Å². The highest BCUT2D eigenvalue weighted by Gasteiger charge is 2.23. The van der Waals surface area contributed by atoms with E-state index in [0.29, 0.717) is 10.6 Å². The first-order valence-corrected chi connectivity index (χ1v) is 4.85. The molecule has 76 valence electrons. The van der Waals surface area contributed by atoms with Crippen molar-refractivity contribution in [3.63, 3.8) is 0 Å². The van der Waals surface area contributed by atoms with E-state index in [1.807, 2.05) is 0 Å². The van der Waals surface area contributed by atoms with E-state index in [9.17, 15) is 20.0 Å². The van der Waals surface area contributed by atoms with Crippen LogP contribution in [0.25, 0.3) is 0 Å². The Morgan fingerprint density at radius 2 is 2.14 bits per heavy atom. The number of rotatable bonds is 2. The van der Waals surface area contributed by atoms with Crippen molar-refractivity contribution in [1.29, 1.82) is 0 Å². The fraction of sp³-hybridized carbons (Fsp3) is 0.286. The van der Waals surface area contributed by atoms with Gasteiger partial charge in [0.15, 0.2) is 0 Å². The molecule has 0 aliphatic heterocycles. The standard InChI is InChI=1S/C7H8N2O4S/c1-3-5(10)4(9(12)13)6(11)8-7(3)14-2/h1-2H3,(H2,8,10,11). The molecule has 1 rings (SSSR count). The summed E-state index contributed by atoms with van der Waals surface area (Å²) in [6.45, 7) is 1.50. The lowest BCUT2D eigenvalue weighted by molar-refractivity contribution is -0.387. The third kappa shape index (κ3) is 1.58. The van der Waals surface area contributed by atoms with E-state index in [-0.39, 0.29) is 0 Å². The van der Waals surface area contributed by atoms with Gasteiger partial charge in [0.05, 0.1) is 9.95 Å². The van der Waals surface area contributed by atoms with Gasteiger partial charge in [0.25, 0.3) is 0 Å². The van der Waals surface area contributed by atoms with E-state index in [1.165, 1.54) is 18.7 Å². The molecule has 0 spiro atoms. The molecule has 0 fully saturated rings. The third-order valence-corrected chi connectivity index (χ3v) is 2.57. The van der Waals surface area contributed by atoms with Gasteiger partial charge in [-0.1, -0.05) is 0 Å². The summed E-state index contributed by atoms with van der Waals surface area (Å²) in [5.74, 6) is -0.567. The van der Waals surface area contributed by atoms with Crippen LogP contribution in [0.3, 0.4) is 0 Å². The molecule has 1 aromatic rings. The average molecular weight is 216 g/mol. The molecule has 0 aliphatic rings. The lowest BCUT2D eigenvalue weighted by atomic mass is 10.2. The number of nitrogens with one attached hydrogen (secondary N) is 1. The molecule has 0 amide bonds. The molecule has 0 aliphatic carbocycles. The summed E-state index contributed by atoms with van der Waals surface area (Å²) in [7, 11) is 0. The second-order valence-corrected chi connectivity index (χ2v) is 3.38. The number of H-pyrrole nitrogens is 1. The number of thioether (sulfide) groups is 1. The summed E-state index contributed by atoms with van der Waals surface area (Å²) in [6.07, 6.45) is 1.70. The van der Waals surface area contributed by atoms with Crippen molar-refractivity contribution in [2.45, 2.75) is 11.9 Å². The molecule has 1 aromatic heterocycles. The SMILES string of the molecule is CSc1[nH]c(=O)c([N+](=O)[O-])c(O)c1C. The molecule has 0 atom stereocenters. The Balaban J connectivity index is 3.57. The molecule has 7 heteroatoms. The van der Waals surface area contributed by atoms with Crippen LogP contribution in [0, 0.1) is 17.0 Å². The summed E-state index contributed by atoms with van der Waals surface area (Å²) in [4.78, 5) is 23.0. The van der Waals surface area contributed by atoms with Crippen molar-refractivity contribution in [2.75, 3.05) is 6.26 Å². The number of pyridine rings is 1. The maximum atomic E-state index is 11.1. The Hall–Kier alpha value is -1.50. The Labute approximate surface area is 83.1 Å². The lowest BCUT2D eigenvalue weighted by Gasteiger charge is -2.03. The van der Waals surface area contributed by atoms with Crippen LogP contribution in [0.15, 0.2) is 9.82 Å². The topological polar surface area (TPSA) is 96.2 Å². The van der Waals surface area contributed by atoms with Gasteiger partial charge in [0.2, 0.25) is 5.75 Å². The molecule has 0 aromatic carbocycles. The molecule has 14 heavy (non-hydrogen) atoms. The summed E-state index contributed by atoms with van der Waals surface area (Å²) in [5.41, 5.74) is -1.38. The summed E-state index contributed by atoms with van der Waals surface area (Å²) in [6, 6.07) is 0. The van der Waals surface area contributed by atoms with Gasteiger partial charge in [-0.2, -0.15) is 0 Å². The first-order valence-electron chi connectivity index (χ1n) is 3.63.